The van der Waals surface area contributed by atoms with Gasteiger partial charge in [0, 0.05) is 49.4 Å². The summed E-state index contributed by atoms with van der Waals surface area (Å²) in [7, 11) is 1.96. The molecule has 0 aliphatic rings. The van der Waals surface area contributed by atoms with Gasteiger partial charge in [0.2, 0.25) is 5.13 Å². The SMILES string of the molecule is CC(C)c1nsc(NCCc2ccnn2C)n1. The monoisotopic (exact) mass is 251 g/mol. The van der Waals surface area contributed by atoms with Crippen LogP contribution in [0.4, 0.5) is 5.13 Å². The van der Waals surface area contributed by atoms with Crippen molar-refractivity contribution in [2.45, 2.75) is 26.2 Å². The molecule has 17 heavy (non-hydrogen) atoms. The van der Waals surface area contributed by atoms with E-state index >= 15 is 0 Å². The predicted octanol–water partition coefficient (Wildman–Crippen LogP) is 2.05. The Balaban J connectivity index is 1.84. The fourth-order valence-electron chi connectivity index (χ4n) is 1.49. The second-order valence-electron chi connectivity index (χ2n) is 4.24. The fourth-order valence-corrected chi connectivity index (χ4v) is 2.22. The lowest BCUT2D eigenvalue weighted by Crippen LogP contribution is -2.08. The number of anilines is 1. The number of hydrogen-bond donors (Lipinski definition) is 1. The van der Waals surface area contributed by atoms with Crippen LogP contribution in [-0.4, -0.2) is 25.7 Å². The average molecular weight is 251 g/mol. The molecule has 0 fully saturated rings. The van der Waals surface area contributed by atoms with E-state index in [1.807, 2.05) is 24.0 Å². The summed E-state index contributed by atoms with van der Waals surface area (Å²) in [6.45, 7) is 5.05. The number of aromatic nitrogens is 4. The van der Waals surface area contributed by atoms with Crippen molar-refractivity contribution in [3.8, 4) is 0 Å². The fraction of sp³-hybridized carbons (Fsp3) is 0.545. The van der Waals surface area contributed by atoms with Crippen LogP contribution in [0.15, 0.2) is 12.3 Å². The molecule has 2 rings (SSSR count). The van der Waals surface area contributed by atoms with Crippen LogP contribution in [0.2, 0.25) is 0 Å². The third kappa shape index (κ3) is 3.03. The van der Waals surface area contributed by atoms with Crippen molar-refractivity contribution in [3.63, 3.8) is 0 Å². The predicted molar refractivity (Wildman–Crippen MR) is 69.4 cm³/mol. The molecule has 0 aliphatic heterocycles. The van der Waals surface area contributed by atoms with Gasteiger partial charge in [-0.1, -0.05) is 13.8 Å². The molecule has 0 atom stereocenters. The van der Waals surface area contributed by atoms with Gasteiger partial charge in [0.1, 0.15) is 5.82 Å². The van der Waals surface area contributed by atoms with E-state index in [0.29, 0.717) is 5.92 Å². The second-order valence-corrected chi connectivity index (χ2v) is 4.99. The lowest BCUT2D eigenvalue weighted by Gasteiger charge is -2.02. The Morgan fingerprint density at radius 2 is 2.29 bits per heavy atom. The molecule has 2 aromatic rings. The van der Waals surface area contributed by atoms with Gasteiger partial charge >= 0.3 is 0 Å². The Bertz CT molecular complexity index is 474. The lowest BCUT2D eigenvalue weighted by molar-refractivity contribution is 0.711. The molecule has 0 aliphatic carbocycles. The maximum atomic E-state index is 4.42. The Morgan fingerprint density at radius 3 is 2.88 bits per heavy atom. The maximum Gasteiger partial charge on any atom is 0.202 e. The van der Waals surface area contributed by atoms with Gasteiger partial charge in [0.05, 0.1) is 0 Å². The molecule has 0 bridgehead atoms. The highest BCUT2D eigenvalue weighted by molar-refractivity contribution is 7.09. The van der Waals surface area contributed by atoms with Crippen LogP contribution >= 0.6 is 11.5 Å². The molecule has 2 aromatic heterocycles. The van der Waals surface area contributed by atoms with E-state index in [1.165, 1.54) is 17.2 Å². The smallest absolute Gasteiger partial charge is 0.202 e. The first-order valence-corrected chi connectivity index (χ1v) is 6.48. The van der Waals surface area contributed by atoms with Crippen molar-refractivity contribution in [2.75, 3.05) is 11.9 Å². The third-order valence-electron chi connectivity index (χ3n) is 2.54. The number of nitrogens with one attached hydrogen (secondary N) is 1. The Hall–Kier alpha value is -1.43. The highest BCUT2D eigenvalue weighted by Crippen LogP contribution is 2.17. The van der Waals surface area contributed by atoms with E-state index in [9.17, 15) is 0 Å². The van der Waals surface area contributed by atoms with Crippen molar-refractivity contribution in [2.24, 2.45) is 7.05 Å². The highest BCUT2D eigenvalue weighted by atomic mass is 32.1. The van der Waals surface area contributed by atoms with Crippen LogP contribution in [0.5, 0.6) is 0 Å². The van der Waals surface area contributed by atoms with Crippen LogP contribution in [-0.2, 0) is 13.5 Å². The van der Waals surface area contributed by atoms with Gasteiger partial charge in [-0.05, 0) is 6.07 Å². The Kier molecular flexibility index (Phi) is 3.73. The molecule has 5 nitrogen and oxygen atoms in total. The van der Waals surface area contributed by atoms with Gasteiger partial charge in [0.25, 0.3) is 0 Å². The summed E-state index contributed by atoms with van der Waals surface area (Å²) >= 11 is 1.42. The van der Waals surface area contributed by atoms with Crippen LogP contribution < -0.4 is 5.32 Å². The average Bonchev–Trinajstić information content (AvgIpc) is 2.89. The quantitative estimate of drug-likeness (QED) is 0.883. The first-order valence-electron chi connectivity index (χ1n) is 5.71. The molecule has 6 heteroatoms. The minimum Gasteiger partial charge on any atom is -0.360 e. The lowest BCUT2D eigenvalue weighted by atomic mass is 10.2. The molecule has 0 saturated heterocycles. The molecule has 1 N–H and O–H groups in total. The normalized spacial score (nSPS) is 11.1. The topological polar surface area (TPSA) is 55.6 Å². The largest absolute Gasteiger partial charge is 0.360 e. The van der Waals surface area contributed by atoms with Gasteiger partial charge in [-0.2, -0.15) is 9.47 Å². The molecular formula is C11H17N5S. The van der Waals surface area contributed by atoms with Gasteiger partial charge in [-0.3, -0.25) is 4.68 Å². The van der Waals surface area contributed by atoms with Crippen LogP contribution in [0, 0.1) is 0 Å². The Morgan fingerprint density at radius 1 is 1.47 bits per heavy atom. The van der Waals surface area contributed by atoms with E-state index in [0.717, 1.165) is 23.9 Å². The molecule has 0 amide bonds. The van der Waals surface area contributed by atoms with Crippen molar-refractivity contribution in [1.82, 2.24) is 19.1 Å². The van der Waals surface area contributed by atoms with Gasteiger partial charge in [-0.15, -0.1) is 0 Å². The zero-order valence-electron chi connectivity index (χ0n) is 10.3. The Labute approximate surface area is 105 Å². The summed E-state index contributed by atoms with van der Waals surface area (Å²) in [5.41, 5.74) is 1.21. The minimum atomic E-state index is 0.388. The van der Waals surface area contributed by atoms with Crippen LogP contribution in [0.1, 0.15) is 31.3 Å². The number of nitrogens with zero attached hydrogens (tertiary/aromatic N) is 4. The number of hydrogen-bond acceptors (Lipinski definition) is 5. The summed E-state index contributed by atoms with van der Waals surface area (Å²) in [6, 6.07) is 2.03. The van der Waals surface area contributed by atoms with Crippen molar-refractivity contribution < 1.29 is 0 Å². The number of rotatable bonds is 5. The number of aryl methyl sites for hydroxylation is 1. The van der Waals surface area contributed by atoms with Crippen molar-refractivity contribution in [1.29, 1.82) is 0 Å². The summed E-state index contributed by atoms with van der Waals surface area (Å²) < 4.78 is 6.19. The summed E-state index contributed by atoms with van der Waals surface area (Å²) in [4.78, 5) is 4.42. The van der Waals surface area contributed by atoms with Gasteiger partial charge in [-0.25, -0.2) is 4.98 Å². The van der Waals surface area contributed by atoms with Crippen molar-refractivity contribution in [3.05, 3.63) is 23.8 Å². The molecule has 0 spiro atoms. The standard InChI is InChI=1S/C11H17N5S/c1-8(2)10-14-11(17-15-10)12-6-4-9-5-7-13-16(9)3/h5,7-8H,4,6H2,1-3H3,(H,12,14,15). The van der Waals surface area contributed by atoms with Gasteiger partial charge < -0.3 is 5.32 Å². The molecule has 2 heterocycles. The molecule has 0 aromatic carbocycles. The zero-order chi connectivity index (χ0) is 12.3. The van der Waals surface area contributed by atoms with E-state index in [4.69, 9.17) is 0 Å². The van der Waals surface area contributed by atoms with E-state index in [1.54, 1.807) is 0 Å². The van der Waals surface area contributed by atoms with E-state index in [2.05, 4.69) is 33.6 Å². The first kappa shape index (κ1) is 12.0. The molecule has 0 unspecified atom stereocenters. The second kappa shape index (κ2) is 5.27. The highest BCUT2D eigenvalue weighted by Gasteiger charge is 2.07. The third-order valence-corrected chi connectivity index (χ3v) is 3.22. The summed E-state index contributed by atoms with van der Waals surface area (Å²) in [5.74, 6) is 1.30. The zero-order valence-corrected chi connectivity index (χ0v) is 11.2. The van der Waals surface area contributed by atoms with Crippen molar-refractivity contribution >= 4 is 16.7 Å². The van der Waals surface area contributed by atoms with Gasteiger partial charge in [0.15, 0.2) is 0 Å². The molecule has 0 saturated carbocycles. The molecular weight excluding hydrogens is 234 g/mol. The van der Waals surface area contributed by atoms with Crippen LogP contribution in [0.25, 0.3) is 0 Å². The first-order chi connectivity index (χ1) is 8.16. The van der Waals surface area contributed by atoms with Crippen LogP contribution in [0.3, 0.4) is 0 Å². The minimum absolute atomic E-state index is 0.388. The molecule has 92 valence electrons. The summed E-state index contributed by atoms with van der Waals surface area (Å²) in [5, 5.41) is 8.32. The molecule has 0 radical (unpaired) electrons. The van der Waals surface area contributed by atoms with E-state index in [-0.39, 0.29) is 0 Å². The maximum absolute atomic E-state index is 4.42. The van der Waals surface area contributed by atoms with E-state index < -0.39 is 0 Å². The summed E-state index contributed by atoms with van der Waals surface area (Å²) in [6.07, 6.45) is 2.75.